The van der Waals surface area contributed by atoms with Crippen molar-refractivity contribution in [2.75, 3.05) is 0 Å². The summed E-state index contributed by atoms with van der Waals surface area (Å²) >= 11 is 5.97. The highest BCUT2D eigenvalue weighted by Gasteiger charge is 2.14. The summed E-state index contributed by atoms with van der Waals surface area (Å²) in [6.45, 7) is 2.70. The molecule has 1 N–H and O–H groups in total. The molecule has 18 heavy (non-hydrogen) atoms. The standard InChI is InChI=1S/C14H14ClNO2/c1-2-8-16-12(6-7-13(16)14(17)18)10-4-3-5-11(15)9-10/h3-7,9H,2,8H2,1H3,(H,17,18). The number of carboxylic acids is 1. The van der Waals surface area contributed by atoms with E-state index in [1.54, 1.807) is 12.1 Å². The topological polar surface area (TPSA) is 42.2 Å². The molecule has 94 valence electrons. The quantitative estimate of drug-likeness (QED) is 0.908. The summed E-state index contributed by atoms with van der Waals surface area (Å²) < 4.78 is 1.81. The van der Waals surface area contributed by atoms with Crippen molar-refractivity contribution in [2.24, 2.45) is 0 Å². The maximum Gasteiger partial charge on any atom is 0.352 e. The number of benzene rings is 1. The van der Waals surface area contributed by atoms with Gasteiger partial charge in [0.2, 0.25) is 0 Å². The highest BCUT2D eigenvalue weighted by Crippen LogP contribution is 2.25. The van der Waals surface area contributed by atoms with Crippen LogP contribution in [0.2, 0.25) is 5.02 Å². The fourth-order valence-corrected chi connectivity index (χ4v) is 2.21. The van der Waals surface area contributed by atoms with Crippen molar-refractivity contribution in [2.45, 2.75) is 19.9 Å². The zero-order valence-electron chi connectivity index (χ0n) is 10.1. The molecule has 0 spiro atoms. The highest BCUT2D eigenvalue weighted by atomic mass is 35.5. The summed E-state index contributed by atoms with van der Waals surface area (Å²) in [5, 5.41) is 9.81. The summed E-state index contributed by atoms with van der Waals surface area (Å²) in [5.41, 5.74) is 2.13. The number of aromatic nitrogens is 1. The SMILES string of the molecule is CCCn1c(C(=O)O)ccc1-c1cccc(Cl)c1. The summed E-state index contributed by atoms with van der Waals surface area (Å²) in [6, 6.07) is 10.9. The second kappa shape index (κ2) is 5.27. The molecule has 2 aromatic rings. The van der Waals surface area contributed by atoms with Crippen molar-refractivity contribution in [3.05, 3.63) is 47.1 Å². The van der Waals surface area contributed by atoms with Gasteiger partial charge in [-0.2, -0.15) is 0 Å². The van der Waals surface area contributed by atoms with E-state index in [1.807, 2.05) is 35.8 Å². The lowest BCUT2D eigenvalue weighted by Gasteiger charge is -2.10. The first-order valence-electron chi connectivity index (χ1n) is 5.82. The van der Waals surface area contributed by atoms with E-state index in [-0.39, 0.29) is 0 Å². The van der Waals surface area contributed by atoms with Crippen LogP contribution in [0.1, 0.15) is 23.8 Å². The Bertz CT molecular complexity index is 575. The Morgan fingerprint density at radius 3 is 2.72 bits per heavy atom. The lowest BCUT2D eigenvalue weighted by molar-refractivity contribution is 0.0685. The summed E-state index contributed by atoms with van der Waals surface area (Å²) in [7, 11) is 0. The van der Waals surface area contributed by atoms with Crippen LogP contribution in [-0.4, -0.2) is 15.6 Å². The van der Waals surface area contributed by atoms with E-state index in [4.69, 9.17) is 16.7 Å². The molecule has 0 atom stereocenters. The van der Waals surface area contributed by atoms with E-state index in [0.29, 0.717) is 17.3 Å². The average molecular weight is 264 g/mol. The predicted octanol–water partition coefficient (Wildman–Crippen LogP) is 3.92. The highest BCUT2D eigenvalue weighted by molar-refractivity contribution is 6.30. The number of nitrogens with zero attached hydrogens (tertiary/aromatic N) is 1. The molecule has 0 radical (unpaired) electrons. The maximum absolute atomic E-state index is 11.2. The van der Waals surface area contributed by atoms with Crippen LogP contribution in [0.5, 0.6) is 0 Å². The molecule has 1 heterocycles. The van der Waals surface area contributed by atoms with E-state index in [1.165, 1.54) is 0 Å². The van der Waals surface area contributed by atoms with Crippen molar-refractivity contribution < 1.29 is 9.90 Å². The van der Waals surface area contributed by atoms with Gasteiger partial charge in [-0.1, -0.05) is 30.7 Å². The predicted molar refractivity (Wildman–Crippen MR) is 72.1 cm³/mol. The minimum atomic E-state index is -0.906. The number of hydrogen-bond acceptors (Lipinski definition) is 1. The van der Waals surface area contributed by atoms with Crippen LogP contribution in [0.4, 0.5) is 0 Å². The van der Waals surface area contributed by atoms with Crippen molar-refractivity contribution in [3.63, 3.8) is 0 Å². The van der Waals surface area contributed by atoms with Gasteiger partial charge in [0.05, 0.1) is 0 Å². The van der Waals surface area contributed by atoms with Gasteiger partial charge in [-0.3, -0.25) is 0 Å². The first-order valence-corrected chi connectivity index (χ1v) is 6.20. The minimum Gasteiger partial charge on any atom is -0.477 e. The van der Waals surface area contributed by atoms with Crippen LogP contribution in [0.25, 0.3) is 11.3 Å². The fourth-order valence-electron chi connectivity index (χ4n) is 2.02. The van der Waals surface area contributed by atoms with E-state index >= 15 is 0 Å². The number of halogens is 1. The molecule has 1 aromatic heterocycles. The van der Waals surface area contributed by atoms with Crippen LogP contribution >= 0.6 is 11.6 Å². The van der Waals surface area contributed by atoms with Gasteiger partial charge in [0, 0.05) is 17.3 Å². The summed E-state index contributed by atoms with van der Waals surface area (Å²) in [4.78, 5) is 11.2. The van der Waals surface area contributed by atoms with E-state index in [0.717, 1.165) is 17.7 Å². The van der Waals surface area contributed by atoms with Gasteiger partial charge in [0.15, 0.2) is 0 Å². The number of aromatic carboxylic acids is 1. The van der Waals surface area contributed by atoms with Crippen molar-refractivity contribution >= 4 is 17.6 Å². The molecule has 0 saturated heterocycles. The van der Waals surface area contributed by atoms with Crippen molar-refractivity contribution in [1.82, 2.24) is 4.57 Å². The normalized spacial score (nSPS) is 10.6. The Kier molecular flexibility index (Phi) is 3.72. The lowest BCUT2D eigenvalue weighted by Crippen LogP contribution is -2.09. The first kappa shape index (κ1) is 12.7. The van der Waals surface area contributed by atoms with Crippen molar-refractivity contribution in [1.29, 1.82) is 0 Å². The molecular weight excluding hydrogens is 250 g/mol. The number of carbonyl (C=O) groups is 1. The number of rotatable bonds is 4. The molecular formula is C14H14ClNO2. The number of hydrogen-bond donors (Lipinski definition) is 1. The third kappa shape index (κ3) is 2.41. The molecule has 0 aliphatic heterocycles. The summed E-state index contributed by atoms with van der Waals surface area (Å²) in [5.74, 6) is -0.906. The monoisotopic (exact) mass is 263 g/mol. The number of carboxylic acid groups (broad SMARTS) is 1. The molecule has 0 amide bonds. The Labute approximate surface area is 111 Å². The van der Waals surface area contributed by atoms with Gasteiger partial charge >= 0.3 is 5.97 Å². The second-order valence-electron chi connectivity index (χ2n) is 4.07. The Hall–Kier alpha value is -1.74. The smallest absolute Gasteiger partial charge is 0.352 e. The van der Waals surface area contributed by atoms with Crippen LogP contribution < -0.4 is 0 Å². The van der Waals surface area contributed by atoms with E-state index in [9.17, 15) is 4.79 Å². The molecule has 0 saturated carbocycles. The van der Waals surface area contributed by atoms with Gasteiger partial charge in [-0.25, -0.2) is 4.79 Å². The molecule has 4 heteroatoms. The lowest BCUT2D eigenvalue weighted by atomic mass is 10.1. The van der Waals surface area contributed by atoms with Crippen LogP contribution in [0.3, 0.4) is 0 Å². The first-order chi connectivity index (χ1) is 8.63. The van der Waals surface area contributed by atoms with Crippen molar-refractivity contribution in [3.8, 4) is 11.3 Å². The zero-order valence-corrected chi connectivity index (χ0v) is 10.8. The fraction of sp³-hybridized carbons (Fsp3) is 0.214. The molecule has 2 rings (SSSR count). The Morgan fingerprint density at radius 1 is 1.33 bits per heavy atom. The largest absolute Gasteiger partial charge is 0.477 e. The molecule has 0 bridgehead atoms. The summed E-state index contributed by atoms with van der Waals surface area (Å²) in [6.07, 6.45) is 0.878. The molecule has 1 aromatic carbocycles. The molecule has 0 unspecified atom stereocenters. The van der Waals surface area contributed by atoms with Crippen LogP contribution in [0.15, 0.2) is 36.4 Å². The van der Waals surface area contributed by atoms with E-state index < -0.39 is 5.97 Å². The molecule has 0 aliphatic carbocycles. The third-order valence-corrected chi connectivity index (χ3v) is 3.00. The maximum atomic E-state index is 11.2. The average Bonchev–Trinajstić information content (AvgIpc) is 2.73. The van der Waals surface area contributed by atoms with Gasteiger partial charge in [0.1, 0.15) is 5.69 Å². The van der Waals surface area contributed by atoms with Gasteiger partial charge in [-0.15, -0.1) is 0 Å². The molecule has 3 nitrogen and oxygen atoms in total. The van der Waals surface area contributed by atoms with E-state index in [2.05, 4.69) is 0 Å². The zero-order chi connectivity index (χ0) is 13.1. The van der Waals surface area contributed by atoms with Gasteiger partial charge in [0.25, 0.3) is 0 Å². The third-order valence-electron chi connectivity index (χ3n) is 2.77. The second-order valence-corrected chi connectivity index (χ2v) is 4.51. The van der Waals surface area contributed by atoms with Crippen LogP contribution in [0, 0.1) is 0 Å². The Balaban J connectivity index is 2.54. The molecule has 0 fully saturated rings. The Morgan fingerprint density at radius 2 is 2.11 bits per heavy atom. The van der Waals surface area contributed by atoms with Gasteiger partial charge in [-0.05, 0) is 36.2 Å². The van der Waals surface area contributed by atoms with Crippen LogP contribution in [-0.2, 0) is 6.54 Å². The molecule has 0 aliphatic rings. The van der Waals surface area contributed by atoms with Gasteiger partial charge < -0.3 is 9.67 Å². The minimum absolute atomic E-state index is 0.312.